The number of benzene rings is 3. The van der Waals surface area contributed by atoms with E-state index in [1.165, 1.54) is 42.7 Å². The van der Waals surface area contributed by atoms with Gasteiger partial charge in [-0.2, -0.15) is 0 Å². The van der Waals surface area contributed by atoms with Crippen LogP contribution in [0.25, 0.3) is 0 Å². The number of fused-ring (bicyclic) bond motifs is 1. The summed E-state index contributed by atoms with van der Waals surface area (Å²) in [5.74, 6) is -0.487. The maximum atomic E-state index is 13.6. The number of oxazole rings is 1. The van der Waals surface area contributed by atoms with Crippen LogP contribution >= 0.6 is 0 Å². The summed E-state index contributed by atoms with van der Waals surface area (Å²) in [6.45, 7) is 2.37. The van der Waals surface area contributed by atoms with Crippen molar-refractivity contribution < 1.29 is 27.5 Å². The van der Waals surface area contributed by atoms with E-state index in [2.05, 4.69) is 10.3 Å². The van der Waals surface area contributed by atoms with Crippen molar-refractivity contribution in [2.75, 3.05) is 11.9 Å². The van der Waals surface area contributed by atoms with Crippen LogP contribution in [-0.2, 0) is 17.8 Å². The van der Waals surface area contributed by atoms with Gasteiger partial charge in [-0.3, -0.25) is 9.59 Å². The molecule has 0 fully saturated rings. The van der Waals surface area contributed by atoms with Crippen molar-refractivity contribution in [2.24, 2.45) is 0 Å². The maximum absolute atomic E-state index is 13.6. The highest BCUT2D eigenvalue weighted by Gasteiger charge is 2.31. The molecule has 2 heterocycles. The van der Waals surface area contributed by atoms with Gasteiger partial charge in [0.1, 0.15) is 23.6 Å². The van der Waals surface area contributed by atoms with Crippen LogP contribution in [0.2, 0.25) is 0 Å². The Hall–Kier alpha value is -4.53. The van der Waals surface area contributed by atoms with Crippen LogP contribution < -0.4 is 10.1 Å². The highest BCUT2D eigenvalue weighted by atomic mass is 19.1. The molecule has 1 atom stereocenters. The third kappa shape index (κ3) is 5.41. The Morgan fingerprint density at radius 1 is 1.05 bits per heavy atom. The predicted molar refractivity (Wildman–Crippen MR) is 136 cm³/mol. The Kier molecular flexibility index (Phi) is 7.17. The van der Waals surface area contributed by atoms with Crippen molar-refractivity contribution in [3.8, 4) is 5.75 Å². The molecule has 0 saturated carbocycles. The number of rotatable bonds is 7. The fourth-order valence-corrected chi connectivity index (χ4v) is 4.51. The van der Waals surface area contributed by atoms with Gasteiger partial charge in [-0.05, 0) is 71.6 Å². The fourth-order valence-electron chi connectivity index (χ4n) is 4.51. The molecular formula is C29H25F2N3O4. The lowest BCUT2D eigenvalue weighted by atomic mass is 9.87. The molecule has 9 heteroatoms. The normalized spacial score (nSPS) is 14.6. The molecule has 4 aromatic rings. The highest BCUT2D eigenvalue weighted by molar-refractivity contribution is 6.02. The van der Waals surface area contributed by atoms with Crippen molar-refractivity contribution in [3.63, 3.8) is 0 Å². The molecule has 5 rings (SSSR count). The average molecular weight is 518 g/mol. The number of carbonyl (C=O) groups excluding carboxylic acids is 2. The molecule has 1 unspecified atom stereocenters. The molecular weight excluding hydrogens is 492 g/mol. The fraction of sp³-hybridized carbons (Fsp3) is 0.207. The number of aromatic nitrogens is 1. The van der Waals surface area contributed by atoms with E-state index in [0.29, 0.717) is 30.8 Å². The number of carbonyl (C=O) groups is 2. The number of nitrogens with one attached hydrogen (secondary N) is 1. The second-order valence-corrected chi connectivity index (χ2v) is 8.88. The molecule has 1 aromatic heterocycles. The quantitative estimate of drug-likeness (QED) is 0.342. The van der Waals surface area contributed by atoms with Crippen LogP contribution in [0.15, 0.2) is 77.4 Å². The molecule has 0 radical (unpaired) electrons. The summed E-state index contributed by atoms with van der Waals surface area (Å²) in [6.07, 6.45) is 2.29. The molecule has 7 nitrogen and oxygen atoms in total. The zero-order valence-corrected chi connectivity index (χ0v) is 20.6. The Morgan fingerprint density at radius 3 is 2.47 bits per heavy atom. The van der Waals surface area contributed by atoms with E-state index in [0.717, 1.165) is 16.7 Å². The molecule has 0 saturated heterocycles. The topological polar surface area (TPSA) is 84.7 Å². The van der Waals surface area contributed by atoms with Crippen molar-refractivity contribution in [3.05, 3.63) is 113 Å². The van der Waals surface area contributed by atoms with E-state index >= 15 is 0 Å². The van der Waals surface area contributed by atoms with Gasteiger partial charge in [-0.25, -0.2) is 13.8 Å². The largest absolute Gasteiger partial charge is 0.484 e. The third-order valence-corrected chi connectivity index (χ3v) is 6.40. The number of anilines is 1. The molecule has 194 valence electrons. The van der Waals surface area contributed by atoms with Gasteiger partial charge in [-0.1, -0.05) is 25.1 Å². The van der Waals surface area contributed by atoms with E-state index in [1.54, 1.807) is 12.1 Å². The van der Waals surface area contributed by atoms with Crippen LogP contribution in [0.5, 0.6) is 5.75 Å². The molecule has 1 aliphatic heterocycles. The summed E-state index contributed by atoms with van der Waals surface area (Å²) in [5, 5.41) is 2.62. The summed E-state index contributed by atoms with van der Waals surface area (Å²) < 4.78 is 38.0. The number of hydrogen-bond acceptors (Lipinski definition) is 5. The zero-order chi connectivity index (χ0) is 26.6. The first-order valence-corrected chi connectivity index (χ1v) is 12.2. The molecule has 3 aromatic carbocycles. The zero-order valence-electron chi connectivity index (χ0n) is 20.6. The van der Waals surface area contributed by atoms with Crippen LogP contribution in [0.1, 0.15) is 52.5 Å². The number of nitrogens with zero attached hydrogens (tertiary/aromatic N) is 2. The summed E-state index contributed by atoms with van der Waals surface area (Å²) in [7, 11) is 0. The van der Waals surface area contributed by atoms with Gasteiger partial charge in [0.15, 0.2) is 12.3 Å². The van der Waals surface area contributed by atoms with Crippen molar-refractivity contribution in [1.29, 1.82) is 0 Å². The lowest BCUT2D eigenvalue weighted by Gasteiger charge is -2.38. The Morgan fingerprint density at radius 2 is 1.76 bits per heavy atom. The SMILES string of the molecule is CCC(=O)N1CCc2ccc(OCc3nc(C(=O)Nc4ccc(F)cc4)co3)cc2C1c1ccc(F)cc1. The van der Waals surface area contributed by atoms with E-state index in [4.69, 9.17) is 9.15 Å². The summed E-state index contributed by atoms with van der Waals surface area (Å²) >= 11 is 0. The van der Waals surface area contributed by atoms with E-state index in [1.807, 2.05) is 30.0 Å². The van der Waals surface area contributed by atoms with Gasteiger partial charge in [0.25, 0.3) is 5.91 Å². The molecule has 1 aliphatic rings. The maximum Gasteiger partial charge on any atom is 0.277 e. The Balaban J connectivity index is 1.32. The number of hydrogen-bond donors (Lipinski definition) is 1. The smallest absolute Gasteiger partial charge is 0.277 e. The minimum absolute atomic E-state index is 0.0162. The molecule has 0 aliphatic carbocycles. The monoisotopic (exact) mass is 517 g/mol. The molecule has 2 amide bonds. The summed E-state index contributed by atoms with van der Waals surface area (Å²) in [6, 6.07) is 16.9. The number of amides is 2. The second-order valence-electron chi connectivity index (χ2n) is 8.88. The standard InChI is InChI=1S/C29H25F2N3O4/c1-2-27(35)34-14-13-18-5-12-23(15-24(18)28(34)19-3-6-20(30)7-4-19)37-17-26-33-25(16-38-26)29(36)32-22-10-8-21(31)9-11-22/h3-12,15-16,28H,2,13-14,17H2,1H3,(H,32,36). The lowest BCUT2D eigenvalue weighted by molar-refractivity contribution is -0.132. The van der Waals surface area contributed by atoms with Crippen LogP contribution in [0.4, 0.5) is 14.5 Å². The highest BCUT2D eigenvalue weighted by Crippen LogP contribution is 2.37. The first-order valence-electron chi connectivity index (χ1n) is 12.2. The summed E-state index contributed by atoms with van der Waals surface area (Å²) in [4.78, 5) is 31.2. The minimum atomic E-state index is -0.497. The minimum Gasteiger partial charge on any atom is -0.484 e. The van der Waals surface area contributed by atoms with Gasteiger partial charge >= 0.3 is 0 Å². The number of ether oxygens (including phenoxy) is 1. The van der Waals surface area contributed by atoms with Gasteiger partial charge in [-0.15, -0.1) is 0 Å². The molecule has 38 heavy (non-hydrogen) atoms. The van der Waals surface area contributed by atoms with Crippen LogP contribution in [-0.4, -0.2) is 28.2 Å². The first-order chi connectivity index (χ1) is 18.4. The first kappa shape index (κ1) is 25.1. The Bertz CT molecular complexity index is 1450. The molecule has 1 N–H and O–H groups in total. The van der Waals surface area contributed by atoms with Crippen molar-refractivity contribution in [2.45, 2.75) is 32.4 Å². The van der Waals surface area contributed by atoms with Crippen molar-refractivity contribution in [1.82, 2.24) is 9.88 Å². The van der Waals surface area contributed by atoms with Crippen LogP contribution in [0, 0.1) is 11.6 Å². The summed E-state index contributed by atoms with van der Waals surface area (Å²) in [5.41, 5.74) is 3.30. The van der Waals surface area contributed by atoms with Gasteiger partial charge in [0.2, 0.25) is 11.8 Å². The van der Waals surface area contributed by atoms with Gasteiger partial charge in [0, 0.05) is 18.7 Å². The number of halogens is 2. The van der Waals surface area contributed by atoms with Gasteiger partial charge in [0.05, 0.1) is 6.04 Å². The van der Waals surface area contributed by atoms with E-state index < -0.39 is 11.7 Å². The van der Waals surface area contributed by atoms with Gasteiger partial charge < -0.3 is 19.4 Å². The van der Waals surface area contributed by atoms with Crippen molar-refractivity contribution >= 4 is 17.5 Å². The van der Waals surface area contributed by atoms with E-state index in [9.17, 15) is 18.4 Å². The predicted octanol–water partition coefficient (Wildman–Crippen LogP) is 5.67. The van der Waals surface area contributed by atoms with E-state index in [-0.39, 0.29) is 36.0 Å². The average Bonchev–Trinajstić information content (AvgIpc) is 3.42. The second kappa shape index (κ2) is 10.8. The Labute approximate surface area is 218 Å². The molecule has 0 spiro atoms. The lowest BCUT2D eigenvalue weighted by Crippen LogP contribution is -2.40. The van der Waals surface area contributed by atoms with Crippen LogP contribution in [0.3, 0.4) is 0 Å². The molecule has 0 bridgehead atoms. The third-order valence-electron chi connectivity index (χ3n) is 6.40.